The quantitative estimate of drug-likeness (QED) is 0.894. The van der Waals surface area contributed by atoms with E-state index in [1.165, 1.54) is 0 Å². The lowest BCUT2D eigenvalue weighted by Crippen LogP contribution is -2.13. The van der Waals surface area contributed by atoms with Crippen molar-refractivity contribution >= 4 is 17.4 Å². The van der Waals surface area contributed by atoms with Crippen LogP contribution in [-0.4, -0.2) is 17.4 Å². The van der Waals surface area contributed by atoms with E-state index in [9.17, 15) is 4.79 Å². The number of pyridine rings is 1. The molecule has 0 bridgehead atoms. The number of benzene rings is 1. The number of carbonyl (C=O) groups excluding carboxylic acids is 1. The third kappa shape index (κ3) is 3.57. The third-order valence-corrected chi connectivity index (χ3v) is 2.86. The first-order chi connectivity index (χ1) is 9.58. The van der Waals surface area contributed by atoms with Crippen molar-refractivity contribution in [3.8, 4) is 0 Å². The molecule has 2 aromatic rings. The fourth-order valence-electron chi connectivity index (χ4n) is 2.10. The van der Waals surface area contributed by atoms with Crippen LogP contribution in [0.5, 0.6) is 0 Å². The lowest BCUT2D eigenvalue weighted by molar-refractivity contribution is 0.102. The van der Waals surface area contributed by atoms with Crippen molar-refractivity contribution in [1.29, 1.82) is 0 Å². The second-order valence-electron chi connectivity index (χ2n) is 4.79. The number of nitrogens with zero attached hydrogens (tertiary/aromatic N) is 1. The summed E-state index contributed by atoms with van der Waals surface area (Å²) in [4.78, 5) is 16.4. The lowest BCUT2D eigenvalue weighted by Gasteiger charge is -2.09. The number of hydrogen-bond donors (Lipinski definition) is 2. The molecule has 4 nitrogen and oxygen atoms in total. The number of nitrogens with one attached hydrogen (secondary N) is 2. The summed E-state index contributed by atoms with van der Waals surface area (Å²) in [5.74, 6) is 0.581. The number of anilines is 2. The Morgan fingerprint density at radius 1 is 1.15 bits per heavy atom. The van der Waals surface area contributed by atoms with Crippen molar-refractivity contribution < 1.29 is 4.79 Å². The molecular weight excluding hydrogens is 250 g/mol. The molecule has 0 atom stereocenters. The van der Waals surface area contributed by atoms with E-state index in [0.717, 1.165) is 23.4 Å². The molecule has 20 heavy (non-hydrogen) atoms. The van der Waals surface area contributed by atoms with E-state index in [4.69, 9.17) is 0 Å². The molecule has 1 aromatic carbocycles. The third-order valence-electron chi connectivity index (χ3n) is 2.86. The summed E-state index contributed by atoms with van der Waals surface area (Å²) in [6.45, 7) is 6.79. The SMILES string of the molecule is CCNc1cc(C(=O)Nc2cc(C)cc(C)c2)ccn1. The zero-order valence-corrected chi connectivity index (χ0v) is 12.0. The van der Waals surface area contributed by atoms with Crippen LogP contribution in [0.25, 0.3) is 0 Å². The van der Waals surface area contributed by atoms with Crippen LogP contribution in [0.4, 0.5) is 11.5 Å². The molecule has 0 fully saturated rings. The van der Waals surface area contributed by atoms with Crippen molar-refractivity contribution in [2.75, 3.05) is 17.2 Å². The van der Waals surface area contributed by atoms with Gasteiger partial charge in [-0.3, -0.25) is 4.79 Å². The molecule has 0 aliphatic carbocycles. The Hall–Kier alpha value is -2.36. The van der Waals surface area contributed by atoms with Crippen molar-refractivity contribution in [1.82, 2.24) is 4.98 Å². The van der Waals surface area contributed by atoms with Crippen LogP contribution in [0, 0.1) is 13.8 Å². The van der Waals surface area contributed by atoms with E-state index in [2.05, 4.69) is 21.7 Å². The Morgan fingerprint density at radius 2 is 1.85 bits per heavy atom. The summed E-state index contributed by atoms with van der Waals surface area (Å²) in [5, 5.41) is 6.01. The van der Waals surface area contributed by atoms with E-state index < -0.39 is 0 Å². The largest absolute Gasteiger partial charge is 0.370 e. The van der Waals surface area contributed by atoms with Gasteiger partial charge >= 0.3 is 0 Å². The van der Waals surface area contributed by atoms with Crippen LogP contribution in [0.15, 0.2) is 36.5 Å². The Balaban J connectivity index is 2.17. The lowest BCUT2D eigenvalue weighted by atomic mass is 10.1. The topological polar surface area (TPSA) is 54.0 Å². The van der Waals surface area contributed by atoms with Crippen molar-refractivity contribution in [3.63, 3.8) is 0 Å². The molecule has 0 saturated carbocycles. The average Bonchev–Trinajstić information content (AvgIpc) is 2.38. The van der Waals surface area contributed by atoms with Crippen molar-refractivity contribution in [3.05, 3.63) is 53.2 Å². The second-order valence-corrected chi connectivity index (χ2v) is 4.79. The predicted octanol–water partition coefficient (Wildman–Crippen LogP) is 3.38. The highest BCUT2D eigenvalue weighted by atomic mass is 16.1. The van der Waals surface area contributed by atoms with Gasteiger partial charge in [-0.1, -0.05) is 6.07 Å². The van der Waals surface area contributed by atoms with E-state index in [0.29, 0.717) is 11.4 Å². The molecular formula is C16H19N3O. The summed E-state index contributed by atoms with van der Waals surface area (Å²) < 4.78 is 0. The fourth-order valence-corrected chi connectivity index (χ4v) is 2.10. The van der Waals surface area contributed by atoms with Crippen LogP contribution in [0.2, 0.25) is 0 Å². The molecule has 0 spiro atoms. The monoisotopic (exact) mass is 269 g/mol. The molecule has 0 aliphatic heterocycles. The van der Waals surface area contributed by atoms with E-state index in [1.807, 2.05) is 32.9 Å². The van der Waals surface area contributed by atoms with Gasteiger partial charge in [-0.05, 0) is 56.2 Å². The molecule has 1 amide bonds. The first kappa shape index (κ1) is 14.1. The maximum Gasteiger partial charge on any atom is 0.255 e. The molecule has 1 aromatic heterocycles. The van der Waals surface area contributed by atoms with Gasteiger partial charge in [0, 0.05) is 24.0 Å². The number of rotatable bonds is 4. The maximum atomic E-state index is 12.2. The minimum atomic E-state index is -0.128. The van der Waals surface area contributed by atoms with E-state index >= 15 is 0 Å². The summed E-state index contributed by atoms with van der Waals surface area (Å²) >= 11 is 0. The van der Waals surface area contributed by atoms with Crippen LogP contribution in [-0.2, 0) is 0 Å². The Kier molecular flexibility index (Phi) is 4.35. The van der Waals surface area contributed by atoms with Gasteiger partial charge in [0.1, 0.15) is 5.82 Å². The average molecular weight is 269 g/mol. The van der Waals surface area contributed by atoms with Gasteiger partial charge < -0.3 is 10.6 Å². The van der Waals surface area contributed by atoms with Gasteiger partial charge in [0.2, 0.25) is 0 Å². The summed E-state index contributed by atoms with van der Waals surface area (Å²) in [6, 6.07) is 9.44. The van der Waals surface area contributed by atoms with E-state index in [-0.39, 0.29) is 5.91 Å². The summed E-state index contributed by atoms with van der Waals surface area (Å²) in [5.41, 5.74) is 3.66. The normalized spacial score (nSPS) is 10.2. The molecule has 0 aliphatic rings. The highest BCUT2D eigenvalue weighted by Gasteiger charge is 2.07. The standard InChI is InChI=1S/C16H19N3O/c1-4-17-15-10-13(5-6-18-15)16(20)19-14-8-11(2)7-12(3)9-14/h5-10H,4H2,1-3H3,(H,17,18)(H,19,20). The molecule has 0 unspecified atom stereocenters. The van der Waals surface area contributed by atoms with Crippen LogP contribution in [0.1, 0.15) is 28.4 Å². The first-order valence-corrected chi connectivity index (χ1v) is 6.68. The smallest absolute Gasteiger partial charge is 0.255 e. The summed E-state index contributed by atoms with van der Waals surface area (Å²) in [7, 11) is 0. The Morgan fingerprint density at radius 3 is 2.50 bits per heavy atom. The zero-order valence-electron chi connectivity index (χ0n) is 12.0. The van der Waals surface area contributed by atoms with Crippen molar-refractivity contribution in [2.24, 2.45) is 0 Å². The molecule has 0 saturated heterocycles. The van der Waals surface area contributed by atoms with Gasteiger partial charge in [-0.2, -0.15) is 0 Å². The highest BCUT2D eigenvalue weighted by Crippen LogP contribution is 2.15. The van der Waals surface area contributed by atoms with Gasteiger partial charge in [-0.15, -0.1) is 0 Å². The summed E-state index contributed by atoms with van der Waals surface area (Å²) in [6.07, 6.45) is 1.63. The zero-order chi connectivity index (χ0) is 14.5. The number of aryl methyl sites for hydroxylation is 2. The highest BCUT2D eigenvalue weighted by molar-refractivity contribution is 6.04. The molecule has 104 valence electrons. The van der Waals surface area contributed by atoms with Gasteiger partial charge in [0.25, 0.3) is 5.91 Å². The van der Waals surface area contributed by atoms with E-state index in [1.54, 1.807) is 18.3 Å². The molecule has 2 N–H and O–H groups in total. The van der Waals surface area contributed by atoms with Crippen LogP contribution in [0.3, 0.4) is 0 Å². The predicted molar refractivity (Wildman–Crippen MR) is 82.3 cm³/mol. The minimum absolute atomic E-state index is 0.128. The number of aromatic nitrogens is 1. The second kappa shape index (κ2) is 6.19. The molecule has 2 rings (SSSR count). The van der Waals surface area contributed by atoms with Gasteiger partial charge in [0.15, 0.2) is 0 Å². The van der Waals surface area contributed by atoms with Gasteiger partial charge in [-0.25, -0.2) is 4.98 Å². The van der Waals surface area contributed by atoms with Gasteiger partial charge in [0.05, 0.1) is 0 Å². The molecule has 0 radical (unpaired) electrons. The Bertz CT molecular complexity index is 603. The fraction of sp³-hybridized carbons (Fsp3) is 0.250. The molecule has 1 heterocycles. The number of carbonyl (C=O) groups is 1. The Labute approximate surface area is 119 Å². The first-order valence-electron chi connectivity index (χ1n) is 6.68. The van der Waals surface area contributed by atoms with Crippen LogP contribution < -0.4 is 10.6 Å². The van der Waals surface area contributed by atoms with Crippen LogP contribution >= 0.6 is 0 Å². The number of hydrogen-bond acceptors (Lipinski definition) is 3. The number of amides is 1. The molecule has 4 heteroatoms. The maximum absolute atomic E-state index is 12.2. The minimum Gasteiger partial charge on any atom is -0.370 e. The van der Waals surface area contributed by atoms with Crippen molar-refractivity contribution in [2.45, 2.75) is 20.8 Å².